The first-order valence-electron chi connectivity index (χ1n) is 3.63. The van der Waals surface area contributed by atoms with Crippen molar-refractivity contribution in [2.24, 2.45) is 0 Å². The molecule has 0 amide bonds. The molecule has 0 aromatic carbocycles. The molecule has 0 atom stereocenters. The average Bonchev–Trinajstić information content (AvgIpc) is 2.32. The summed E-state index contributed by atoms with van der Waals surface area (Å²) in [4.78, 5) is 11.2. The van der Waals surface area contributed by atoms with Gasteiger partial charge in [-0.1, -0.05) is 5.16 Å². The highest BCUT2D eigenvalue weighted by molar-refractivity contribution is 5.86. The van der Waals surface area contributed by atoms with Crippen LogP contribution in [0.4, 0.5) is 0 Å². The molecule has 66 valence electrons. The second-order valence-corrected chi connectivity index (χ2v) is 3.38. The number of aromatic nitrogens is 1. The molecule has 0 radical (unpaired) electrons. The molecule has 0 saturated carbocycles. The molecule has 0 unspecified atom stereocenters. The van der Waals surface area contributed by atoms with Gasteiger partial charge in [0.25, 0.3) is 0 Å². The molecule has 4 heteroatoms. The molecule has 12 heavy (non-hydrogen) atoms. The molecular weight excluding hydrogens is 158 g/mol. The van der Waals surface area contributed by atoms with Crippen molar-refractivity contribution in [3.8, 4) is 0 Å². The van der Waals surface area contributed by atoms with E-state index in [1.54, 1.807) is 20.8 Å². The van der Waals surface area contributed by atoms with E-state index in [1.807, 2.05) is 0 Å². The number of carbonyl (C=O) groups excluding carboxylic acids is 1. The maximum absolute atomic E-state index is 11.2. The Morgan fingerprint density at radius 1 is 1.58 bits per heavy atom. The number of ether oxygens (including phenoxy) is 1. The highest BCUT2D eigenvalue weighted by atomic mass is 16.6. The Bertz CT molecular complexity index is 258. The zero-order chi connectivity index (χ0) is 9.19. The van der Waals surface area contributed by atoms with Gasteiger partial charge in [-0.3, -0.25) is 0 Å². The summed E-state index contributed by atoms with van der Waals surface area (Å²) in [5.74, 6) is -0.357. The SMILES string of the molecule is CC(C)(C)OC(=O)c1ccno1. The van der Waals surface area contributed by atoms with E-state index in [-0.39, 0.29) is 5.76 Å². The molecule has 0 N–H and O–H groups in total. The van der Waals surface area contributed by atoms with Gasteiger partial charge in [0, 0.05) is 6.07 Å². The van der Waals surface area contributed by atoms with Crippen LogP contribution < -0.4 is 0 Å². The van der Waals surface area contributed by atoms with Crippen molar-refractivity contribution in [3.63, 3.8) is 0 Å². The summed E-state index contributed by atoms with van der Waals surface area (Å²) >= 11 is 0. The molecule has 0 saturated heterocycles. The largest absolute Gasteiger partial charge is 0.454 e. The lowest BCUT2D eigenvalue weighted by Gasteiger charge is -2.17. The van der Waals surface area contributed by atoms with E-state index < -0.39 is 11.6 Å². The maximum atomic E-state index is 11.2. The van der Waals surface area contributed by atoms with Crippen LogP contribution in [-0.2, 0) is 4.74 Å². The fraction of sp³-hybridized carbons (Fsp3) is 0.500. The van der Waals surface area contributed by atoms with Crippen LogP contribution in [0.1, 0.15) is 31.3 Å². The van der Waals surface area contributed by atoms with Gasteiger partial charge in [-0.2, -0.15) is 0 Å². The molecular formula is C8H11NO3. The zero-order valence-electron chi connectivity index (χ0n) is 7.33. The topological polar surface area (TPSA) is 52.3 Å². The Kier molecular flexibility index (Phi) is 2.17. The van der Waals surface area contributed by atoms with Crippen LogP contribution in [0.25, 0.3) is 0 Å². The Morgan fingerprint density at radius 2 is 2.25 bits per heavy atom. The van der Waals surface area contributed by atoms with Gasteiger partial charge in [0.05, 0.1) is 6.20 Å². The zero-order valence-corrected chi connectivity index (χ0v) is 7.33. The van der Waals surface area contributed by atoms with E-state index >= 15 is 0 Å². The van der Waals surface area contributed by atoms with Crippen molar-refractivity contribution in [1.82, 2.24) is 5.16 Å². The van der Waals surface area contributed by atoms with Crippen molar-refractivity contribution < 1.29 is 14.1 Å². The summed E-state index contributed by atoms with van der Waals surface area (Å²) < 4.78 is 9.63. The fourth-order valence-corrected chi connectivity index (χ4v) is 0.649. The predicted molar refractivity (Wildman–Crippen MR) is 41.7 cm³/mol. The minimum absolute atomic E-state index is 0.130. The summed E-state index contributed by atoms with van der Waals surface area (Å²) in [6, 6.07) is 1.47. The molecule has 1 rings (SSSR count). The van der Waals surface area contributed by atoms with Gasteiger partial charge in [-0.05, 0) is 20.8 Å². The van der Waals surface area contributed by atoms with E-state index in [0.29, 0.717) is 0 Å². The van der Waals surface area contributed by atoms with Crippen LogP contribution in [0.3, 0.4) is 0 Å². The average molecular weight is 169 g/mol. The lowest BCUT2D eigenvalue weighted by molar-refractivity contribution is 0.00277. The minimum atomic E-state index is -0.496. The molecule has 0 bridgehead atoms. The lowest BCUT2D eigenvalue weighted by Crippen LogP contribution is -2.23. The van der Waals surface area contributed by atoms with Gasteiger partial charge in [0.1, 0.15) is 5.60 Å². The van der Waals surface area contributed by atoms with Gasteiger partial charge in [-0.15, -0.1) is 0 Å². The number of nitrogens with zero attached hydrogens (tertiary/aromatic N) is 1. The molecule has 1 aromatic rings. The third-order valence-corrected chi connectivity index (χ3v) is 1.04. The third-order valence-electron chi connectivity index (χ3n) is 1.04. The first-order valence-corrected chi connectivity index (χ1v) is 3.63. The normalized spacial score (nSPS) is 11.2. The van der Waals surface area contributed by atoms with E-state index in [0.717, 1.165) is 0 Å². The Hall–Kier alpha value is -1.32. The van der Waals surface area contributed by atoms with E-state index in [9.17, 15) is 4.79 Å². The summed E-state index contributed by atoms with van der Waals surface area (Å²) in [6.07, 6.45) is 1.40. The quantitative estimate of drug-likeness (QED) is 0.599. The molecule has 0 aliphatic heterocycles. The molecule has 1 aromatic heterocycles. The summed E-state index contributed by atoms with van der Waals surface area (Å²) in [6.45, 7) is 5.38. The van der Waals surface area contributed by atoms with E-state index in [1.165, 1.54) is 12.3 Å². The number of rotatable bonds is 1. The van der Waals surface area contributed by atoms with Crippen molar-refractivity contribution >= 4 is 5.97 Å². The van der Waals surface area contributed by atoms with Gasteiger partial charge in [0.15, 0.2) is 0 Å². The standard InChI is InChI=1S/C8H11NO3/c1-8(2,3)11-7(10)6-4-5-9-12-6/h4-5H,1-3H3. The summed E-state index contributed by atoms with van der Waals surface area (Å²) in [5, 5.41) is 3.40. The van der Waals surface area contributed by atoms with Gasteiger partial charge in [-0.25, -0.2) is 4.79 Å². The predicted octanol–water partition coefficient (Wildman–Crippen LogP) is 1.63. The van der Waals surface area contributed by atoms with Crippen molar-refractivity contribution in [1.29, 1.82) is 0 Å². The molecule has 4 nitrogen and oxygen atoms in total. The van der Waals surface area contributed by atoms with Crippen molar-refractivity contribution in [2.75, 3.05) is 0 Å². The second-order valence-electron chi connectivity index (χ2n) is 3.38. The fourth-order valence-electron chi connectivity index (χ4n) is 0.649. The Balaban J connectivity index is 2.63. The molecule has 0 aliphatic carbocycles. The van der Waals surface area contributed by atoms with Crippen LogP contribution in [0.5, 0.6) is 0 Å². The Morgan fingerprint density at radius 3 is 2.67 bits per heavy atom. The van der Waals surface area contributed by atoms with Crippen LogP contribution in [0, 0.1) is 0 Å². The molecule has 1 heterocycles. The van der Waals surface area contributed by atoms with Gasteiger partial charge in [0.2, 0.25) is 5.76 Å². The highest BCUT2D eigenvalue weighted by Crippen LogP contribution is 2.10. The smallest absolute Gasteiger partial charge is 0.377 e. The van der Waals surface area contributed by atoms with Gasteiger partial charge >= 0.3 is 5.97 Å². The van der Waals surface area contributed by atoms with Crippen LogP contribution in [0.2, 0.25) is 0 Å². The summed E-state index contributed by atoms with van der Waals surface area (Å²) in [7, 11) is 0. The number of hydrogen-bond donors (Lipinski definition) is 0. The summed E-state index contributed by atoms with van der Waals surface area (Å²) in [5.41, 5.74) is -0.496. The van der Waals surface area contributed by atoms with E-state index in [4.69, 9.17) is 4.74 Å². The molecule has 0 fully saturated rings. The molecule has 0 aliphatic rings. The number of esters is 1. The highest BCUT2D eigenvalue weighted by Gasteiger charge is 2.19. The van der Waals surface area contributed by atoms with Crippen molar-refractivity contribution in [3.05, 3.63) is 18.0 Å². The lowest BCUT2D eigenvalue weighted by atomic mass is 10.2. The Labute approximate surface area is 70.5 Å². The van der Waals surface area contributed by atoms with Gasteiger partial charge < -0.3 is 9.26 Å². The first-order chi connectivity index (χ1) is 5.49. The van der Waals surface area contributed by atoms with Crippen LogP contribution in [0.15, 0.2) is 16.8 Å². The van der Waals surface area contributed by atoms with Crippen LogP contribution >= 0.6 is 0 Å². The third kappa shape index (κ3) is 2.38. The van der Waals surface area contributed by atoms with Crippen LogP contribution in [-0.4, -0.2) is 16.7 Å². The number of carbonyl (C=O) groups is 1. The molecule has 0 spiro atoms. The maximum Gasteiger partial charge on any atom is 0.377 e. The number of hydrogen-bond acceptors (Lipinski definition) is 4. The first kappa shape index (κ1) is 8.77. The monoisotopic (exact) mass is 169 g/mol. The van der Waals surface area contributed by atoms with E-state index in [2.05, 4.69) is 9.68 Å². The second kappa shape index (κ2) is 2.97. The van der Waals surface area contributed by atoms with Crippen molar-refractivity contribution in [2.45, 2.75) is 26.4 Å². The minimum Gasteiger partial charge on any atom is -0.454 e.